The average Bonchev–Trinajstić information content (AvgIpc) is 3.58. The molecule has 0 saturated carbocycles. The third-order valence-electron chi connectivity index (χ3n) is 7.43. The first kappa shape index (κ1) is 28.3. The molecule has 0 unspecified atom stereocenters. The molecule has 1 aromatic heterocycles. The standard InChI is InChI=1S/C30H44N6O4/c1-21-18-26(32-23-8-14-36(15-9-23)29(37)40-30(2,3)4)34-28(31-21)33-24-19-22-10-17-39-27(22)25(20-24)38-16-7-13-35-11-5-6-12-35/h18-20,23H,5-17H2,1-4H3,(H2,31,32,33,34). The van der Waals surface area contributed by atoms with Gasteiger partial charge in [-0.1, -0.05) is 0 Å². The van der Waals surface area contributed by atoms with Crippen LogP contribution in [0.5, 0.6) is 11.5 Å². The summed E-state index contributed by atoms with van der Waals surface area (Å²) >= 11 is 0. The number of hydrogen-bond acceptors (Lipinski definition) is 9. The minimum atomic E-state index is -0.486. The summed E-state index contributed by atoms with van der Waals surface area (Å²) in [7, 11) is 0. The van der Waals surface area contributed by atoms with Crippen molar-refractivity contribution in [2.75, 3.05) is 56.6 Å². The van der Waals surface area contributed by atoms with E-state index in [0.717, 1.165) is 66.5 Å². The molecule has 4 heterocycles. The Morgan fingerprint density at radius 1 is 1.10 bits per heavy atom. The van der Waals surface area contributed by atoms with E-state index >= 15 is 0 Å². The van der Waals surface area contributed by atoms with E-state index in [1.54, 1.807) is 4.90 Å². The Morgan fingerprint density at radius 2 is 1.88 bits per heavy atom. The topological polar surface area (TPSA) is 101 Å². The molecule has 3 aliphatic rings. The minimum absolute atomic E-state index is 0.221. The van der Waals surface area contributed by atoms with Crippen molar-refractivity contribution in [3.63, 3.8) is 0 Å². The highest BCUT2D eigenvalue weighted by molar-refractivity contribution is 5.68. The molecule has 40 heavy (non-hydrogen) atoms. The van der Waals surface area contributed by atoms with E-state index in [9.17, 15) is 4.79 Å². The van der Waals surface area contributed by atoms with E-state index in [-0.39, 0.29) is 12.1 Å². The van der Waals surface area contributed by atoms with E-state index in [2.05, 4.69) is 26.6 Å². The van der Waals surface area contributed by atoms with Crippen molar-refractivity contribution in [2.24, 2.45) is 0 Å². The summed E-state index contributed by atoms with van der Waals surface area (Å²) in [4.78, 5) is 26.1. The van der Waals surface area contributed by atoms with Crippen LogP contribution < -0.4 is 20.1 Å². The van der Waals surface area contributed by atoms with Crippen molar-refractivity contribution >= 4 is 23.5 Å². The lowest BCUT2D eigenvalue weighted by Gasteiger charge is -2.34. The van der Waals surface area contributed by atoms with Crippen molar-refractivity contribution in [3.8, 4) is 11.5 Å². The van der Waals surface area contributed by atoms with Gasteiger partial charge < -0.3 is 34.6 Å². The maximum absolute atomic E-state index is 12.4. The molecule has 3 aliphatic heterocycles. The second kappa shape index (κ2) is 12.5. The lowest BCUT2D eigenvalue weighted by Crippen LogP contribution is -2.44. The van der Waals surface area contributed by atoms with Gasteiger partial charge in [-0.15, -0.1) is 0 Å². The summed E-state index contributed by atoms with van der Waals surface area (Å²) in [6, 6.07) is 6.27. The zero-order valence-electron chi connectivity index (χ0n) is 24.4. The predicted octanol–water partition coefficient (Wildman–Crippen LogP) is 5.14. The molecular formula is C30H44N6O4. The molecule has 10 nitrogen and oxygen atoms in total. The fourth-order valence-electron chi connectivity index (χ4n) is 5.50. The van der Waals surface area contributed by atoms with Crippen LogP contribution >= 0.6 is 0 Å². The summed E-state index contributed by atoms with van der Waals surface area (Å²) in [5.74, 6) is 2.94. The maximum atomic E-state index is 12.4. The van der Waals surface area contributed by atoms with Crippen LogP contribution in [0.2, 0.25) is 0 Å². The molecule has 0 bridgehead atoms. The Kier molecular flexibility index (Phi) is 8.83. The number of piperidine rings is 1. The van der Waals surface area contributed by atoms with E-state index in [4.69, 9.17) is 19.2 Å². The molecular weight excluding hydrogens is 508 g/mol. The molecule has 1 aromatic carbocycles. The fourth-order valence-corrected chi connectivity index (χ4v) is 5.50. The summed E-state index contributed by atoms with van der Waals surface area (Å²) in [6.45, 7) is 13.8. The predicted molar refractivity (Wildman–Crippen MR) is 156 cm³/mol. The normalized spacial score (nSPS) is 17.9. The van der Waals surface area contributed by atoms with Gasteiger partial charge in [-0.2, -0.15) is 4.98 Å². The highest BCUT2D eigenvalue weighted by Crippen LogP contribution is 2.39. The van der Waals surface area contributed by atoms with Gasteiger partial charge in [-0.05, 0) is 79.0 Å². The maximum Gasteiger partial charge on any atom is 0.410 e. The summed E-state index contributed by atoms with van der Waals surface area (Å²) in [5, 5.41) is 6.94. The van der Waals surface area contributed by atoms with E-state index in [0.29, 0.717) is 32.3 Å². The summed E-state index contributed by atoms with van der Waals surface area (Å²) in [6.07, 6.45) is 5.88. The highest BCUT2D eigenvalue weighted by atomic mass is 16.6. The highest BCUT2D eigenvalue weighted by Gasteiger charge is 2.27. The second-order valence-electron chi connectivity index (χ2n) is 12.0. The summed E-state index contributed by atoms with van der Waals surface area (Å²) in [5.41, 5.74) is 2.41. The molecule has 1 amide bonds. The molecule has 2 aromatic rings. The SMILES string of the molecule is Cc1cc(NC2CCN(C(=O)OC(C)(C)C)CC2)nc(Nc2cc3c(c(OCCCN4CCCC4)c2)OCC3)n1. The van der Waals surface area contributed by atoms with Gasteiger partial charge in [-0.3, -0.25) is 0 Å². The lowest BCUT2D eigenvalue weighted by atomic mass is 10.1. The molecule has 2 saturated heterocycles. The number of nitrogens with one attached hydrogen (secondary N) is 2. The third kappa shape index (κ3) is 7.68. The zero-order chi connectivity index (χ0) is 28.1. The minimum Gasteiger partial charge on any atom is -0.490 e. The number of carbonyl (C=O) groups excluding carboxylic acids is 1. The molecule has 0 spiro atoms. The van der Waals surface area contributed by atoms with Gasteiger partial charge in [-0.25, -0.2) is 9.78 Å². The molecule has 2 N–H and O–H groups in total. The van der Waals surface area contributed by atoms with Gasteiger partial charge in [0.15, 0.2) is 11.5 Å². The van der Waals surface area contributed by atoms with Crippen molar-refractivity contribution < 1.29 is 19.0 Å². The third-order valence-corrected chi connectivity index (χ3v) is 7.43. The number of rotatable bonds is 9. The van der Waals surface area contributed by atoms with Crippen LogP contribution in [0.15, 0.2) is 18.2 Å². The van der Waals surface area contributed by atoms with Crippen LogP contribution in [0.1, 0.15) is 64.1 Å². The number of anilines is 3. The number of amides is 1. The van der Waals surface area contributed by atoms with Crippen molar-refractivity contribution in [3.05, 3.63) is 29.5 Å². The van der Waals surface area contributed by atoms with Crippen LogP contribution in [0, 0.1) is 6.92 Å². The lowest BCUT2D eigenvalue weighted by molar-refractivity contribution is 0.0210. The number of likely N-dealkylation sites (tertiary alicyclic amines) is 2. The number of hydrogen-bond donors (Lipinski definition) is 2. The number of benzene rings is 1. The first-order valence-electron chi connectivity index (χ1n) is 14.7. The number of carbonyl (C=O) groups is 1. The Morgan fingerprint density at radius 3 is 2.62 bits per heavy atom. The largest absolute Gasteiger partial charge is 0.490 e. The van der Waals surface area contributed by atoms with Crippen LogP contribution in [-0.2, 0) is 11.2 Å². The number of aromatic nitrogens is 2. The Balaban J connectivity index is 1.18. The summed E-state index contributed by atoms with van der Waals surface area (Å²) < 4.78 is 17.6. The second-order valence-corrected chi connectivity index (χ2v) is 12.0. The first-order chi connectivity index (χ1) is 19.2. The van der Waals surface area contributed by atoms with Gasteiger partial charge in [0.1, 0.15) is 11.4 Å². The molecule has 0 radical (unpaired) electrons. The number of fused-ring (bicyclic) bond motifs is 1. The van der Waals surface area contributed by atoms with Crippen LogP contribution in [-0.4, -0.2) is 83.4 Å². The zero-order valence-corrected chi connectivity index (χ0v) is 24.4. The quantitative estimate of drug-likeness (QED) is 0.410. The van der Waals surface area contributed by atoms with Crippen LogP contribution in [0.25, 0.3) is 0 Å². The van der Waals surface area contributed by atoms with Gasteiger partial charge in [0, 0.05) is 61.2 Å². The first-order valence-corrected chi connectivity index (χ1v) is 14.7. The van der Waals surface area contributed by atoms with E-state index in [1.807, 2.05) is 39.8 Å². The van der Waals surface area contributed by atoms with Crippen molar-refractivity contribution in [1.82, 2.24) is 19.8 Å². The number of nitrogens with zero attached hydrogens (tertiary/aromatic N) is 4. The Hall–Kier alpha value is -3.27. The van der Waals surface area contributed by atoms with Crippen molar-refractivity contribution in [2.45, 2.75) is 77.9 Å². The molecule has 10 heteroatoms. The Bertz CT molecular complexity index is 1170. The van der Waals surface area contributed by atoms with Gasteiger partial charge in [0.05, 0.1) is 13.2 Å². The molecule has 0 atom stereocenters. The van der Waals surface area contributed by atoms with Crippen molar-refractivity contribution in [1.29, 1.82) is 0 Å². The van der Waals surface area contributed by atoms with Crippen LogP contribution in [0.4, 0.5) is 22.2 Å². The van der Waals surface area contributed by atoms with Gasteiger partial charge in [0.2, 0.25) is 5.95 Å². The van der Waals surface area contributed by atoms with Gasteiger partial charge >= 0.3 is 6.09 Å². The van der Waals surface area contributed by atoms with E-state index in [1.165, 1.54) is 25.9 Å². The molecule has 0 aliphatic carbocycles. The van der Waals surface area contributed by atoms with Gasteiger partial charge in [0.25, 0.3) is 0 Å². The molecule has 218 valence electrons. The number of ether oxygens (including phenoxy) is 3. The van der Waals surface area contributed by atoms with Crippen LogP contribution in [0.3, 0.4) is 0 Å². The molecule has 2 fully saturated rings. The Labute approximate surface area is 237 Å². The number of aryl methyl sites for hydroxylation is 1. The fraction of sp³-hybridized carbons (Fsp3) is 0.633. The monoisotopic (exact) mass is 552 g/mol. The average molecular weight is 553 g/mol. The van der Waals surface area contributed by atoms with E-state index < -0.39 is 5.60 Å². The molecule has 5 rings (SSSR count). The smallest absolute Gasteiger partial charge is 0.410 e.